The van der Waals surface area contributed by atoms with Crippen LogP contribution in [0.15, 0.2) is 30.3 Å². The van der Waals surface area contributed by atoms with Crippen LogP contribution in [-0.4, -0.2) is 75.5 Å². The highest BCUT2D eigenvalue weighted by Crippen LogP contribution is 2.65. The molecule has 6 atom stereocenters. The number of carbonyl (C=O) groups excluding carboxylic acids is 6. The Hall–Kier alpha value is -3.38. The molecule has 1 aliphatic heterocycles. The highest BCUT2D eigenvalue weighted by atomic mass is 35.5. The van der Waals surface area contributed by atoms with Gasteiger partial charge in [0.15, 0.2) is 0 Å². The van der Waals surface area contributed by atoms with Crippen LogP contribution in [0, 0.1) is 28.6 Å². The minimum Gasteiger partial charge on any atom is -0.459 e. The van der Waals surface area contributed by atoms with Gasteiger partial charge in [0.05, 0.1) is 6.04 Å². The Balaban J connectivity index is 1.50. The number of urea groups is 1. The number of fused-ring (bicyclic) bond motifs is 1. The first-order valence-corrected chi connectivity index (χ1v) is 17.1. The van der Waals surface area contributed by atoms with Crippen LogP contribution in [0.1, 0.15) is 72.8 Å². The fourth-order valence-electron chi connectivity index (χ4n) is 6.41. The lowest BCUT2D eigenvalue weighted by Crippen LogP contribution is -2.63. The number of nitrogens with zero attached hydrogens (tertiary/aromatic N) is 1. The minimum atomic E-state index is -1.27. The third-order valence-corrected chi connectivity index (χ3v) is 10.6. The molecule has 2 aliphatic carbocycles. The molecule has 5 N–H and O–H groups in total. The molecule has 4 rings (SSSR count). The quantitative estimate of drug-likeness (QED) is 0.146. The number of carbonyl (C=O) groups is 6. The molecule has 1 unspecified atom stereocenters. The van der Waals surface area contributed by atoms with E-state index in [9.17, 15) is 28.8 Å². The van der Waals surface area contributed by atoms with Crippen molar-refractivity contribution in [1.82, 2.24) is 20.9 Å². The predicted octanol–water partition coefficient (Wildman–Crippen LogP) is 3.22. The van der Waals surface area contributed by atoms with Gasteiger partial charge in [-0.15, -0.1) is 23.2 Å². The molecule has 1 heterocycles. The molecule has 0 bridgehead atoms. The van der Waals surface area contributed by atoms with Gasteiger partial charge in [0.25, 0.3) is 5.91 Å². The molecule has 0 spiro atoms. The fourth-order valence-corrected chi connectivity index (χ4v) is 7.24. The molecule has 0 aromatic heterocycles. The molecule has 1 saturated heterocycles. The van der Waals surface area contributed by atoms with Gasteiger partial charge in [0.1, 0.15) is 29.1 Å². The summed E-state index contributed by atoms with van der Waals surface area (Å²) in [5.74, 6) is -4.84. The molecule has 1 aromatic carbocycles. The van der Waals surface area contributed by atoms with E-state index in [0.29, 0.717) is 0 Å². The molecule has 48 heavy (non-hydrogen) atoms. The van der Waals surface area contributed by atoms with Crippen molar-refractivity contribution in [2.45, 2.75) is 102 Å². The van der Waals surface area contributed by atoms with Gasteiger partial charge < -0.3 is 31.3 Å². The van der Waals surface area contributed by atoms with E-state index in [1.54, 1.807) is 41.5 Å². The van der Waals surface area contributed by atoms with Crippen molar-refractivity contribution in [2.75, 3.05) is 6.54 Å². The van der Waals surface area contributed by atoms with Crippen LogP contribution < -0.4 is 21.7 Å². The lowest BCUT2D eigenvalue weighted by atomic mass is 9.80. The number of likely N-dealkylation sites (tertiary alicyclic amines) is 1. The summed E-state index contributed by atoms with van der Waals surface area (Å²) in [5.41, 5.74) is 4.49. The zero-order valence-corrected chi connectivity index (χ0v) is 29.8. The number of ether oxygens (including phenoxy) is 1. The minimum absolute atomic E-state index is 0.0224. The van der Waals surface area contributed by atoms with Crippen LogP contribution in [0.4, 0.5) is 4.79 Å². The number of Topliss-reactive ketones (excluding diaryl/α,β-unsaturated/α-hetero) is 1. The largest absolute Gasteiger partial charge is 0.459 e. The summed E-state index contributed by atoms with van der Waals surface area (Å²) in [6.45, 7) is 10.7. The second-order valence-electron chi connectivity index (χ2n) is 15.4. The van der Waals surface area contributed by atoms with E-state index < -0.39 is 86.7 Å². The van der Waals surface area contributed by atoms with Crippen LogP contribution in [0.5, 0.6) is 0 Å². The average Bonchev–Trinajstić information content (AvgIpc) is 3.28. The Kier molecular flexibility index (Phi) is 11.1. The van der Waals surface area contributed by atoms with Crippen LogP contribution >= 0.6 is 23.2 Å². The van der Waals surface area contributed by atoms with E-state index in [1.165, 1.54) is 4.90 Å². The van der Waals surface area contributed by atoms with Crippen molar-refractivity contribution in [3.8, 4) is 0 Å². The monoisotopic (exact) mass is 707 g/mol. The highest BCUT2D eigenvalue weighted by molar-refractivity contribution is 6.51. The van der Waals surface area contributed by atoms with Gasteiger partial charge in [-0.2, -0.15) is 0 Å². The third-order valence-electron chi connectivity index (χ3n) is 9.54. The predicted molar refractivity (Wildman–Crippen MR) is 179 cm³/mol. The number of amides is 5. The number of primary amides is 1. The number of halogens is 2. The molecule has 3 fully saturated rings. The topological polar surface area (TPSA) is 177 Å². The first kappa shape index (κ1) is 37.4. The zero-order valence-electron chi connectivity index (χ0n) is 28.3. The number of esters is 1. The summed E-state index contributed by atoms with van der Waals surface area (Å²) in [4.78, 5) is 80.5. The number of ketones is 1. The molecule has 1 aromatic rings. The number of hydrogen-bond donors (Lipinski definition) is 4. The number of alkyl halides is 2. The van der Waals surface area contributed by atoms with Gasteiger partial charge in [0, 0.05) is 18.4 Å². The Labute approximate surface area is 291 Å². The zero-order chi connectivity index (χ0) is 35.8. The lowest BCUT2D eigenvalue weighted by Gasteiger charge is -2.38. The fraction of sp³-hybridized carbons (Fsp3) is 0.647. The second-order valence-corrected chi connectivity index (χ2v) is 16.8. The van der Waals surface area contributed by atoms with Gasteiger partial charge >= 0.3 is 12.0 Å². The summed E-state index contributed by atoms with van der Waals surface area (Å²) in [6.07, 6.45) is 2.98. The van der Waals surface area contributed by atoms with Gasteiger partial charge in [-0.1, -0.05) is 91.1 Å². The number of benzene rings is 1. The number of piperidine rings is 1. The molecule has 5 amide bonds. The molecule has 264 valence electrons. The first-order chi connectivity index (χ1) is 22.2. The molecule has 3 aliphatic rings. The molecular weight excluding hydrogens is 661 g/mol. The maximum Gasteiger partial charge on any atom is 0.329 e. The maximum absolute atomic E-state index is 14.2. The van der Waals surface area contributed by atoms with E-state index in [0.717, 1.165) is 24.8 Å². The summed E-state index contributed by atoms with van der Waals surface area (Å²) in [6, 6.07) is 3.85. The molecule has 12 nitrogen and oxygen atoms in total. The van der Waals surface area contributed by atoms with Crippen LogP contribution in [0.25, 0.3) is 0 Å². The maximum atomic E-state index is 14.2. The van der Waals surface area contributed by atoms with Crippen molar-refractivity contribution >= 4 is 58.7 Å². The third kappa shape index (κ3) is 8.42. The molecule has 14 heteroatoms. The summed E-state index contributed by atoms with van der Waals surface area (Å²) < 4.78 is 4.25. The smallest absolute Gasteiger partial charge is 0.329 e. The van der Waals surface area contributed by atoms with Crippen molar-refractivity contribution in [3.05, 3.63) is 35.9 Å². The molecule has 2 saturated carbocycles. The van der Waals surface area contributed by atoms with E-state index in [-0.39, 0.29) is 25.5 Å². The van der Waals surface area contributed by atoms with Crippen molar-refractivity contribution < 1.29 is 33.5 Å². The normalized spacial score (nSPS) is 23.4. The SMILES string of the molecule is CC(C)(C)[C@H](NC(=O)N[C@H](C(=O)N1C[C@H]2[C@@H]([C@H]1C(=O)NC(CC1CCC1)C(=O)C(N)=O)C2(Cl)Cl)C(C)(C)C)C(=O)OCc1ccccc1. The lowest BCUT2D eigenvalue weighted by molar-refractivity contribution is -0.150. The Morgan fingerprint density at radius 2 is 1.52 bits per heavy atom. The summed E-state index contributed by atoms with van der Waals surface area (Å²) >= 11 is 13.0. The van der Waals surface area contributed by atoms with E-state index in [1.807, 2.05) is 30.3 Å². The van der Waals surface area contributed by atoms with E-state index in [4.69, 9.17) is 33.7 Å². The number of nitrogens with two attached hydrogens (primary N) is 1. The Morgan fingerprint density at radius 1 is 0.938 bits per heavy atom. The van der Waals surface area contributed by atoms with Crippen LogP contribution in [-0.2, 0) is 35.3 Å². The van der Waals surface area contributed by atoms with Crippen LogP contribution in [0.3, 0.4) is 0 Å². The van der Waals surface area contributed by atoms with Gasteiger partial charge in [0.2, 0.25) is 17.6 Å². The van der Waals surface area contributed by atoms with Crippen molar-refractivity contribution in [2.24, 2.45) is 34.3 Å². The molecular formula is C34H47Cl2N5O7. The summed E-state index contributed by atoms with van der Waals surface area (Å²) in [7, 11) is 0. The number of hydrogen-bond acceptors (Lipinski definition) is 7. The van der Waals surface area contributed by atoms with Crippen molar-refractivity contribution in [1.29, 1.82) is 0 Å². The highest BCUT2D eigenvalue weighted by Gasteiger charge is 2.74. The van der Waals surface area contributed by atoms with Gasteiger partial charge in [-0.05, 0) is 28.7 Å². The van der Waals surface area contributed by atoms with Gasteiger partial charge in [-0.3, -0.25) is 19.2 Å². The molecule has 0 radical (unpaired) electrons. The first-order valence-electron chi connectivity index (χ1n) is 16.3. The number of nitrogens with one attached hydrogen (secondary N) is 3. The van der Waals surface area contributed by atoms with E-state index >= 15 is 0 Å². The standard InChI is InChI=1S/C34H47Cl2N5O7/c1-32(2,3)25(39-31(47)40-26(33(4,5)6)30(46)48-17-19-11-8-7-9-12-19)29(45)41-16-20-22(34(20,35)36)23(41)28(44)38-21(24(42)27(37)43)15-18-13-10-14-18/h7-9,11-12,18,20-23,25-26H,10,13-17H2,1-6H3,(H2,37,43)(H,38,44)(H2,39,40,47)/t20-,21?,22-,23-,25+,26+/m0/s1. The van der Waals surface area contributed by atoms with Crippen molar-refractivity contribution in [3.63, 3.8) is 0 Å². The van der Waals surface area contributed by atoms with Crippen LogP contribution in [0.2, 0.25) is 0 Å². The Morgan fingerprint density at radius 3 is 2.04 bits per heavy atom. The van der Waals surface area contributed by atoms with Gasteiger partial charge in [-0.25, -0.2) is 9.59 Å². The Bertz CT molecular complexity index is 1420. The van der Waals surface area contributed by atoms with E-state index in [2.05, 4.69) is 16.0 Å². The summed E-state index contributed by atoms with van der Waals surface area (Å²) in [5, 5.41) is 8.08. The average molecular weight is 709 g/mol. The second kappa shape index (κ2) is 14.2. The number of rotatable bonds is 12.